The molecule has 2 unspecified atom stereocenters. The standard InChI is InChI=1S/C25H36N2O6/c1-7-13-31-18-15-19(26(16-18)23(30)33-24(2,3)4)21-20(14-17-11-9-8-10-12-17)27(22(28)29)25(5,6)32-21/h7-12,18-21H,1,13-16H2,2-6H3,(H,28,29)/t18-,19-,20?,21?/m1/s1. The molecule has 1 N–H and O–H groups in total. The molecular formula is C25H36N2O6. The summed E-state index contributed by atoms with van der Waals surface area (Å²) in [4.78, 5) is 28.4. The third-order valence-corrected chi connectivity index (χ3v) is 5.97. The van der Waals surface area contributed by atoms with E-state index in [0.29, 0.717) is 26.0 Å². The average Bonchev–Trinajstić information content (AvgIpc) is 3.24. The molecule has 0 radical (unpaired) electrons. The number of nitrogens with zero attached hydrogens (tertiary/aromatic N) is 2. The van der Waals surface area contributed by atoms with Gasteiger partial charge in [-0.1, -0.05) is 36.4 Å². The maximum atomic E-state index is 13.1. The molecule has 1 aromatic rings. The second-order valence-corrected chi connectivity index (χ2v) is 10.1. The van der Waals surface area contributed by atoms with Gasteiger partial charge in [-0.2, -0.15) is 0 Å². The Morgan fingerprint density at radius 2 is 1.94 bits per heavy atom. The van der Waals surface area contributed by atoms with Gasteiger partial charge in [0.05, 0.1) is 31.3 Å². The molecule has 8 nitrogen and oxygen atoms in total. The molecule has 0 spiro atoms. The van der Waals surface area contributed by atoms with E-state index in [9.17, 15) is 14.7 Å². The van der Waals surface area contributed by atoms with E-state index >= 15 is 0 Å². The van der Waals surface area contributed by atoms with Gasteiger partial charge in [-0.25, -0.2) is 9.59 Å². The largest absolute Gasteiger partial charge is 0.465 e. The molecule has 2 aliphatic rings. The van der Waals surface area contributed by atoms with Crippen LogP contribution in [0.15, 0.2) is 43.0 Å². The second kappa shape index (κ2) is 9.73. The van der Waals surface area contributed by atoms with Crippen LogP contribution in [-0.4, -0.2) is 75.9 Å². The summed E-state index contributed by atoms with van der Waals surface area (Å²) in [5.74, 6) is 0. The molecule has 182 valence electrons. The number of hydrogen-bond donors (Lipinski definition) is 1. The monoisotopic (exact) mass is 460 g/mol. The highest BCUT2D eigenvalue weighted by molar-refractivity contribution is 5.70. The fraction of sp³-hybridized carbons (Fsp3) is 0.600. The predicted octanol–water partition coefficient (Wildman–Crippen LogP) is 4.29. The Balaban J connectivity index is 1.95. The zero-order valence-corrected chi connectivity index (χ0v) is 20.2. The van der Waals surface area contributed by atoms with Gasteiger partial charge in [-0.3, -0.25) is 9.80 Å². The molecule has 33 heavy (non-hydrogen) atoms. The van der Waals surface area contributed by atoms with Crippen molar-refractivity contribution in [2.75, 3.05) is 13.2 Å². The minimum atomic E-state index is -1.05. The summed E-state index contributed by atoms with van der Waals surface area (Å²) in [6.07, 6.45) is 0.398. The van der Waals surface area contributed by atoms with Crippen molar-refractivity contribution in [3.8, 4) is 0 Å². The van der Waals surface area contributed by atoms with Crippen LogP contribution in [-0.2, 0) is 20.6 Å². The van der Waals surface area contributed by atoms with Crippen LogP contribution in [0.25, 0.3) is 0 Å². The minimum absolute atomic E-state index is 0.219. The molecule has 8 heteroatoms. The number of amides is 2. The highest BCUT2D eigenvalue weighted by atomic mass is 16.6. The predicted molar refractivity (Wildman–Crippen MR) is 124 cm³/mol. The first-order valence-corrected chi connectivity index (χ1v) is 11.4. The van der Waals surface area contributed by atoms with Crippen LogP contribution >= 0.6 is 0 Å². The first-order chi connectivity index (χ1) is 15.4. The van der Waals surface area contributed by atoms with E-state index in [-0.39, 0.29) is 6.10 Å². The number of carbonyl (C=O) groups is 2. The summed E-state index contributed by atoms with van der Waals surface area (Å²) >= 11 is 0. The lowest BCUT2D eigenvalue weighted by atomic mass is 9.94. The van der Waals surface area contributed by atoms with Gasteiger partial charge in [0.25, 0.3) is 0 Å². The van der Waals surface area contributed by atoms with Gasteiger partial charge in [-0.15, -0.1) is 6.58 Å². The molecule has 0 aliphatic carbocycles. The highest BCUT2D eigenvalue weighted by Gasteiger charge is 2.56. The van der Waals surface area contributed by atoms with Crippen LogP contribution in [0.3, 0.4) is 0 Å². The number of carbonyl (C=O) groups excluding carboxylic acids is 1. The number of ether oxygens (including phenoxy) is 3. The summed E-state index contributed by atoms with van der Waals surface area (Å²) in [7, 11) is 0. The van der Waals surface area contributed by atoms with Gasteiger partial charge in [0.15, 0.2) is 0 Å². The first-order valence-electron chi connectivity index (χ1n) is 11.4. The SMILES string of the molecule is C=CCO[C@@H]1C[C@H](C2OC(C)(C)N(C(=O)O)C2Cc2ccccc2)N(C(=O)OC(C)(C)C)C1. The van der Waals surface area contributed by atoms with E-state index < -0.39 is 41.7 Å². The number of likely N-dealkylation sites (tertiary alicyclic amines) is 1. The number of carboxylic acid groups (broad SMARTS) is 1. The van der Waals surface area contributed by atoms with Crippen LogP contribution in [0, 0.1) is 0 Å². The van der Waals surface area contributed by atoms with Gasteiger partial charge in [-0.05, 0) is 53.0 Å². The van der Waals surface area contributed by atoms with Crippen molar-refractivity contribution in [1.29, 1.82) is 0 Å². The van der Waals surface area contributed by atoms with Crippen molar-refractivity contribution >= 4 is 12.2 Å². The Hall–Kier alpha value is -2.58. The smallest absolute Gasteiger partial charge is 0.410 e. The molecule has 0 bridgehead atoms. The Morgan fingerprint density at radius 3 is 2.52 bits per heavy atom. The van der Waals surface area contributed by atoms with Crippen LogP contribution < -0.4 is 0 Å². The normalized spacial score (nSPS) is 26.9. The Bertz CT molecular complexity index is 850. The molecule has 1 aromatic carbocycles. The summed E-state index contributed by atoms with van der Waals surface area (Å²) in [5, 5.41) is 10.1. The maximum absolute atomic E-state index is 13.1. The molecule has 0 saturated carbocycles. The molecule has 3 rings (SSSR count). The van der Waals surface area contributed by atoms with Crippen molar-refractivity contribution < 1.29 is 28.9 Å². The van der Waals surface area contributed by atoms with Crippen LogP contribution in [0.5, 0.6) is 0 Å². The fourth-order valence-corrected chi connectivity index (χ4v) is 4.78. The van der Waals surface area contributed by atoms with Crippen molar-refractivity contribution in [3.05, 3.63) is 48.6 Å². The summed E-state index contributed by atoms with van der Waals surface area (Å²) in [6, 6.07) is 8.85. The van der Waals surface area contributed by atoms with E-state index in [1.54, 1.807) is 24.8 Å². The number of hydrogen-bond acceptors (Lipinski definition) is 5. The number of benzene rings is 1. The first kappa shape index (κ1) is 25.1. The van der Waals surface area contributed by atoms with E-state index in [4.69, 9.17) is 14.2 Å². The molecule has 2 fully saturated rings. The molecule has 0 aromatic heterocycles. The van der Waals surface area contributed by atoms with Crippen molar-refractivity contribution in [3.63, 3.8) is 0 Å². The van der Waals surface area contributed by atoms with E-state index in [1.807, 2.05) is 51.1 Å². The third-order valence-electron chi connectivity index (χ3n) is 5.97. The second-order valence-electron chi connectivity index (χ2n) is 10.1. The van der Waals surface area contributed by atoms with Gasteiger partial charge in [0, 0.05) is 0 Å². The Kier molecular flexibility index (Phi) is 7.39. The van der Waals surface area contributed by atoms with Crippen molar-refractivity contribution in [2.24, 2.45) is 0 Å². The lowest BCUT2D eigenvalue weighted by Crippen LogP contribution is -2.52. The van der Waals surface area contributed by atoms with Crippen LogP contribution in [0.1, 0.15) is 46.6 Å². The highest BCUT2D eigenvalue weighted by Crippen LogP contribution is 2.40. The third kappa shape index (κ3) is 5.86. The van der Waals surface area contributed by atoms with Gasteiger partial charge in [0.1, 0.15) is 17.4 Å². The molecule has 2 heterocycles. The molecule has 2 aliphatic heterocycles. The maximum Gasteiger partial charge on any atom is 0.410 e. The van der Waals surface area contributed by atoms with E-state index in [2.05, 4.69) is 6.58 Å². The van der Waals surface area contributed by atoms with Gasteiger partial charge < -0.3 is 19.3 Å². The minimum Gasteiger partial charge on any atom is -0.465 e. The lowest BCUT2D eigenvalue weighted by molar-refractivity contribution is -0.0840. The Morgan fingerprint density at radius 1 is 1.27 bits per heavy atom. The zero-order chi connectivity index (χ0) is 24.4. The summed E-state index contributed by atoms with van der Waals surface area (Å²) in [6.45, 7) is 13.4. The van der Waals surface area contributed by atoms with Crippen molar-refractivity contribution in [2.45, 2.75) is 83.1 Å². The number of rotatable bonds is 6. The van der Waals surface area contributed by atoms with E-state index in [1.165, 1.54) is 4.90 Å². The molecular weight excluding hydrogens is 424 g/mol. The van der Waals surface area contributed by atoms with Crippen molar-refractivity contribution in [1.82, 2.24) is 9.80 Å². The lowest BCUT2D eigenvalue weighted by Gasteiger charge is -2.33. The van der Waals surface area contributed by atoms with Crippen LogP contribution in [0.2, 0.25) is 0 Å². The van der Waals surface area contributed by atoms with E-state index in [0.717, 1.165) is 5.56 Å². The summed E-state index contributed by atoms with van der Waals surface area (Å²) < 4.78 is 17.9. The van der Waals surface area contributed by atoms with Gasteiger partial charge in [0.2, 0.25) is 0 Å². The molecule has 4 atom stereocenters. The average molecular weight is 461 g/mol. The zero-order valence-electron chi connectivity index (χ0n) is 20.2. The van der Waals surface area contributed by atoms with Crippen LogP contribution in [0.4, 0.5) is 9.59 Å². The molecule has 2 saturated heterocycles. The molecule has 2 amide bonds. The fourth-order valence-electron chi connectivity index (χ4n) is 4.78. The quantitative estimate of drug-likeness (QED) is 0.637. The Labute approximate surface area is 196 Å². The topological polar surface area (TPSA) is 88.5 Å². The van der Waals surface area contributed by atoms with Gasteiger partial charge >= 0.3 is 12.2 Å². The summed E-state index contributed by atoms with van der Waals surface area (Å²) in [5.41, 5.74) is -0.703.